The molecular formula is C15H18N2O3. The Balaban J connectivity index is 2.48. The van der Waals surface area contributed by atoms with Crippen LogP contribution in [0.4, 0.5) is 0 Å². The number of aliphatic hydroxyl groups excluding tert-OH is 1. The van der Waals surface area contributed by atoms with E-state index < -0.39 is 5.54 Å². The molecule has 0 saturated heterocycles. The number of amides is 1. The van der Waals surface area contributed by atoms with Crippen LogP contribution in [0.3, 0.4) is 0 Å². The summed E-state index contributed by atoms with van der Waals surface area (Å²) in [5.41, 5.74) is -0.765. The van der Waals surface area contributed by atoms with Crippen LogP contribution in [0.5, 0.6) is 0 Å². The molecule has 0 saturated carbocycles. The molecule has 20 heavy (non-hydrogen) atoms. The van der Waals surface area contributed by atoms with Crippen LogP contribution in [-0.4, -0.2) is 40.1 Å². The summed E-state index contributed by atoms with van der Waals surface area (Å²) in [6.45, 7) is 3.35. The first kappa shape index (κ1) is 14.3. The lowest BCUT2D eigenvalue weighted by atomic mass is 10.0. The van der Waals surface area contributed by atoms with Crippen LogP contribution in [-0.2, 0) is 0 Å². The number of fused-ring (bicyclic) bond motifs is 1. The molecule has 1 aromatic heterocycles. The van der Waals surface area contributed by atoms with Crippen molar-refractivity contribution in [2.75, 3.05) is 13.7 Å². The number of carbonyl (C=O) groups excluding carboxylic acids is 1. The molecule has 0 aliphatic heterocycles. The second kappa shape index (κ2) is 5.09. The number of hydrogen-bond acceptors (Lipinski definition) is 3. The second-order valence-corrected chi connectivity index (χ2v) is 5.43. The normalized spacial score (nSPS) is 11.6. The zero-order valence-electron chi connectivity index (χ0n) is 11.8. The van der Waals surface area contributed by atoms with E-state index >= 15 is 0 Å². The molecule has 2 rings (SSSR count). The van der Waals surface area contributed by atoms with Crippen molar-refractivity contribution in [3.63, 3.8) is 0 Å². The van der Waals surface area contributed by atoms with E-state index in [4.69, 9.17) is 0 Å². The Morgan fingerprint density at radius 1 is 1.35 bits per heavy atom. The van der Waals surface area contributed by atoms with Gasteiger partial charge in [0.15, 0.2) is 0 Å². The predicted molar refractivity (Wildman–Crippen MR) is 77.8 cm³/mol. The molecule has 5 nitrogen and oxygen atoms in total. The van der Waals surface area contributed by atoms with Crippen molar-refractivity contribution in [2.45, 2.75) is 19.4 Å². The molecular weight excluding hydrogens is 256 g/mol. The van der Waals surface area contributed by atoms with Gasteiger partial charge in [0.2, 0.25) is 0 Å². The van der Waals surface area contributed by atoms with Crippen LogP contribution in [0.2, 0.25) is 0 Å². The molecule has 0 aliphatic rings. The lowest BCUT2D eigenvalue weighted by Gasteiger charge is -2.33. The molecule has 0 bridgehead atoms. The van der Waals surface area contributed by atoms with Gasteiger partial charge in [-0.25, -0.2) is 0 Å². The minimum absolute atomic E-state index is 0.160. The lowest BCUT2D eigenvalue weighted by molar-refractivity contribution is 0.0467. The van der Waals surface area contributed by atoms with Gasteiger partial charge in [0.25, 0.3) is 11.5 Å². The maximum atomic E-state index is 12.4. The summed E-state index contributed by atoms with van der Waals surface area (Å²) in [7, 11) is 1.60. The Bertz CT molecular complexity index is 704. The molecule has 0 spiro atoms. The SMILES string of the molecule is CN(C(=O)c1cc2ccccc2c(=O)[nH]1)C(C)(C)CO. The van der Waals surface area contributed by atoms with Gasteiger partial charge in [0.05, 0.1) is 12.1 Å². The van der Waals surface area contributed by atoms with Gasteiger partial charge in [0.1, 0.15) is 5.69 Å². The number of aromatic nitrogens is 1. The number of likely N-dealkylation sites (N-methyl/N-ethyl adjacent to an activating group) is 1. The summed E-state index contributed by atoms with van der Waals surface area (Å²) in [4.78, 5) is 28.4. The molecule has 0 fully saturated rings. The zero-order chi connectivity index (χ0) is 14.9. The van der Waals surface area contributed by atoms with E-state index in [1.54, 1.807) is 45.2 Å². The van der Waals surface area contributed by atoms with Crippen molar-refractivity contribution in [2.24, 2.45) is 0 Å². The third-order valence-corrected chi connectivity index (χ3v) is 3.58. The number of aromatic amines is 1. The highest BCUT2D eigenvalue weighted by Gasteiger charge is 2.28. The lowest BCUT2D eigenvalue weighted by Crippen LogP contribution is -2.48. The third-order valence-electron chi connectivity index (χ3n) is 3.58. The fraction of sp³-hybridized carbons (Fsp3) is 0.333. The minimum Gasteiger partial charge on any atom is -0.394 e. The highest BCUT2D eigenvalue weighted by atomic mass is 16.3. The predicted octanol–water partition coefficient (Wildman–Crippen LogP) is 1.37. The summed E-state index contributed by atoms with van der Waals surface area (Å²) in [6, 6.07) is 8.75. The summed E-state index contributed by atoms with van der Waals surface area (Å²) in [5, 5.41) is 10.6. The van der Waals surface area contributed by atoms with Gasteiger partial charge in [-0.2, -0.15) is 0 Å². The first-order chi connectivity index (χ1) is 9.36. The smallest absolute Gasteiger partial charge is 0.270 e. The van der Waals surface area contributed by atoms with Crippen molar-refractivity contribution >= 4 is 16.7 Å². The molecule has 1 aromatic carbocycles. The number of H-pyrrole nitrogens is 1. The number of carbonyl (C=O) groups is 1. The summed E-state index contributed by atoms with van der Waals surface area (Å²) >= 11 is 0. The maximum Gasteiger partial charge on any atom is 0.270 e. The molecule has 2 aromatic rings. The fourth-order valence-corrected chi connectivity index (χ4v) is 1.89. The number of hydrogen-bond donors (Lipinski definition) is 2. The van der Waals surface area contributed by atoms with Crippen LogP contribution in [0, 0.1) is 0 Å². The maximum absolute atomic E-state index is 12.4. The van der Waals surface area contributed by atoms with E-state index in [1.807, 2.05) is 6.07 Å². The molecule has 106 valence electrons. The van der Waals surface area contributed by atoms with E-state index in [-0.39, 0.29) is 23.8 Å². The van der Waals surface area contributed by atoms with Crippen molar-refractivity contribution in [3.05, 3.63) is 46.4 Å². The average molecular weight is 274 g/mol. The summed E-state index contributed by atoms with van der Waals surface area (Å²) in [5.74, 6) is -0.327. The third kappa shape index (κ3) is 2.44. The van der Waals surface area contributed by atoms with Crippen LogP contribution in [0.1, 0.15) is 24.3 Å². The highest BCUT2D eigenvalue weighted by molar-refractivity contribution is 5.96. The van der Waals surface area contributed by atoms with Crippen LogP contribution in [0.15, 0.2) is 35.1 Å². The fourth-order valence-electron chi connectivity index (χ4n) is 1.89. The quantitative estimate of drug-likeness (QED) is 0.888. The van der Waals surface area contributed by atoms with Gasteiger partial charge in [-0.1, -0.05) is 18.2 Å². The Hall–Kier alpha value is -2.14. The molecule has 1 heterocycles. The summed E-state index contributed by atoms with van der Waals surface area (Å²) in [6.07, 6.45) is 0. The standard InChI is InChI=1S/C15H18N2O3/c1-15(2,9-18)17(3)14(20)12-8-10-6-4-5-7-11(10)13(19)16-12/h4-8,18H,9H2,1-3H3,(H,16,19). The molecule has 5 heteroatoms. The average Bonchev–Trinajstić information content (AvgIpc) is 2.45. The number of benzene rings is 1. The summed E-state index contributed by atoms with van der Waals surface area (Å²) < 4.78 is 0. The molecule has 1 amide bonds. The number of rotatable bonds is 3. The zero-order valence-corrected chi connectivity index (χ0v) is 11.8. The number of pyridine rings is 1. The Kier molecular flexibility index (Phi) is 3.63. The van der Waals surface area contributed by atoms with E-state index in [0.717, 1.165) is 5.39 Å². The first-order valence-corrected chi connectivity index (χ1v) is 6.38. The van der Waals surface area contributed by atoms with E-state index in [0.29, 0.717) is 5.39 Å². The van der Waals surface area contributed by atoms with Crippen molar-refractivity contribution in [1.82, 2.24) is 9.88 Å². The van der Waals surface area contributed by atoms with Crippen molar-refractivity contribution in [3.8, 4) is 0 Å². The molecule has 0 aliphatic carbocycles. The molecule has 0 atom stereocenters. The number of nitrogens with one attached hydrogen (secondary N) is 1. The topological polar surface area (TPSA) is 73.4 Å². The van der Waals surface area contributed by atoms with Gasteiger partial charge >= 0.3 is 0 Å². The van der Waals surface area contributed by atoms with Gasteiger partial charge in [-0.3, -0.25) is 9.59 Å². The largest absolute Gasteiger partial charge is 0.394 e. The Morgan fingerprint density at radius 2 is 2.00 bits per heavy atom. The van der Waals surface area contributed by atoms with E-state index in [2.05, 4.69) is 4.98 Å². The molecule has 0 radical (unpaired) electrons. The van der Waals surface area contributed by atoms with Crippen molar-refractivity contribution in [1.29, 1.82) is 0 Å². The van der Waals surface area contributed by atoms with E-state index in [9.17, 15) is 14.7 Å². The van der Waals surface area contributed by atoms with Gasteiger partial charge < -0.3 is 15.0 Å². The van der Waals surface area contributed by atoms with Gasteiger partial charge in [0, 0.05) is 12.4 Å². The van der Waals surface area contributed by atoms with Crippen molar-refractivity contribution < 1.29 is 9.90 Å². The van der Waals surface area contributed by atoms with Crippen LogP contribution in [0.25, 0.3) is 10.8 Å². The minimum atomic E-state index is -0.695. The second-order valence-electron chi connectivity index (χ2n) is 5.43. The molecule has 2 N–H and O–H groups in total. The van der Waals surface area contributed by atoms with Gasteiger partial charge in [-0.15, -0.1) is 0 Å². The first-order valence-electron chi connectivity index (χ1n) is 6.38. The van der Waals surface area contributed by atoms with E-state index in [1.165, 1.54) is 4.90 Å². The van der Waals surface area contributed by atoms with Crippen LogP contribution < -0.4 is 5.56 Å². The molecule has 0 unspecified atom stereocenters. The van der Waals surface area contributed by atoms with Crippen LogP contribution >= 0.6 is 0 Å². The number of nitrogens with zero attached hydrogens (tertiary/aromatic N) is 1. The van der Waals surface area contributed by atoms with Gasteiger partial charge in [-0.05, 0) is 31.4 Å². The highest BCUT2D eigenvalue weighted by Crippen LogP contribution is 2.16. The number of aliphatic hydroxyl groups is 1. The monoisotopic (exact) mass is 274 g/mol. The Labute approximate surface area is 116 Å². The Morgan fingerprint density at radius 3 is 2.65 bits per heavy atom.